The molecule has 0 aromatic heterocycles. The quantitative estimate of drug-likeness (QED) is 0.869. The first-order valence-corrected chi connectivity index (χ1v) is 7.56. The van der Waals surface area contributed by atoms with Gasteiger partial charge in [0.05, 0.1) is 5.92 Å². The molecule has 1 aliphatic heterocycles. The lowest BCUT2D eigenvalue weighted by Crippen LogP contribution is -2.45. The summed E-state index contributed by atoms with van der Waals surface area (Å²) in [5.74, 6) is -0.899. The van der Waals surface area contributed by atoms with E-state index in [-0.39, 0.29) is 30.4 Å². The molecule has 0 saturated heterocycles. The minimum atomic E-state index is -0.509. The van der Waals surface area contributed by atoms with Gasteiger partial charge in [0.1, 0.15) is 12.1 Å². The van der Waals surface area contributed by atoms with Crippen LogP contribution in [0.25, 0.3) is 0 Å². The Morgan fingerprint density at radius 1 is 1.32 bits per heavy atom. The molecule has 0 radical (unpaired) electrons. The number of para-hydroxylation sites is 1. The number of fused-ring (bicyclic) bond motifs is 1. The van der Waals surface area contributed by atoms with Crippen molar-refractivity contribution in [2.24, 2.45) is 5.73 Å². The van der Waals surface area contributed by atoms with E-state index >= 15 is 0 Å². The standard InChI is InChI=1S/C17H24N2O3/c1-11-9-13(16(18)21)12-7-5-6-8-14(12)19(11)10-15(20)22-17(2,3)4/h5-8,11,13H,9-10H2,1-4H3,(H2,18,21)/t11-,13-/m0/s1. The number of carbonyl (C=O) groups excluding carboxylic acids is 2. The number of amides is 1. The summed E-state index contributed by atoms with van der Waals surface area (Å²) in [6, 6.07) is 7.65. The monoisotopic (exact) mass is 304 g/mol. The fourth-order valence-electron chi connectivity index (χ4n) is 2.90. The highest BCUT2D eigenvalue weighted by atomic mass is 16.6. The first kappa shape index (κ1) is 16.3. The van der Waals surface area contributed by atoms with Gasteiger partial charge in [-0.3, -0.25) is 9.59 Å². The number of carbonyl (C=O) groups is 2. The lowest BCUT2D eigenvalue weighted by atomic mass is 9.85. The molecular formula is C17H24N2O3. The molecule has 0 unspecified atom stereocenters. The van der Waals surface area contributed by atoms with Gasteiger partial charge in [-0.25, -0.2) is 0 Å². The molecule has 1 heterocycles. The lowest BCUT2D eigenvalue weighted by molar-refractivity contribution is -0.153. The Balaban J connectivity index is 2.27. The maximum absolute atomic E-state index is 12.1. The van der Waals surface area contributed by atoms with Crippen molar-refractivity contribution in [3.05, 3.63) is 29.8 Å². The highest BCUT2D eigenvalue weighted by Crippen LogP contribution is 2.38. The molecule has 0 bridgehead atoms. The van der Waals surface area contributed by atoms with Gasteiger partial charge in [-0.05, 0) is 45.7 Å². The fraction of sp³-hybridized carbons (Fsp3) is 0.529. The van der Waals surface area contributed by atoms with Crippen molar-refractivity contribution in [3.63, 3.8) is 0 Å². The molecular weight excluding hydrogens is 280 g/mol. The van der Waals surface area contributed by atoms with E-state index in [2.05, 4.69) is 0 Å². The highest BCUT2D eigenvalue weighted by molar-refractivity contribution is 5.86. The smallest absolute Gasteiger partial charge is 0.326 e. The van der Waals surface area contributed by atoms with E-state index in [4.69, 9.17) is 10.5 Å². The Labute approximate surface area is 131 Å². The average molecular weight is 304 g/mol. The second-order valence-corrected chi connectivity index (χ2v) is 6.81. The normalized spacial score (nSPS) is 21.2. The third kappa shape index (κ3) is 3.59. The third-order valence-corrected chi connectivity index (χ3v) is 3.79. The predicted molar refractivity (Wildman–Crippen MR) is 85.6 cm³/mol. The molecule has 0 saturated carbocycles. The van der Waals surface area contributed by atoms with Gasteiger partial charge in [-0.15, -0.1) is 0 Å². The van der Waals surface area contributed by atoms with Crippen LogP contribution in [-0.4, -0.2) is 30.1 Å². The summed E-state index contributed by atoms with van der Waals surface area (Å²) in [5.41, 5.74) is 6.79. The first-order chi connectivity index (χ1) is 10.2. The minimum Gasteiger partial charge on any atom is -0.459 e. The number of hydrogen-bond acceptors (Lipinski definition) is 4. The van der Waals surface area contributed by atoms with E-state index in [9.17, 15) is 9.59 Å². The van der Waals surface area contributed by atoms with Crippen molar-refractivity contribution in [3.8, 4) is 0 Å². The maximum Gasteiger partial charge on any atom is 0.326 e. The Hall–Kier alpha value is -2.04. The number of nitrogens with zero attached hydrogens (tertiary/aromatic N) is 1. The van der Waals surface area contributed by atoms with Gasteiger partial charge in [0.25, 0.3) is 0 Å². The zero-order valence-electron chi connectivity index (χ0n) is 13.6. The molecule has 1 amide bonds. The number of nitrogens with two attached hydrogens (primary N) is 1. The average Bonchev–Trinajstić information content (AvgIpc) is 2.39. The molecule has 5 nitrogen and oxygen atoms in total. The van der Waals surface area contributed by atoms with E-state index in [0.717, 1.165) is 11.3 Å². The molecule has 120 valence electrons. The van der Waals surface area contributed by atoms with Crippen LogP contribution in [-0.2, 0) is 14.3 Å². The lowest BCUT2D eigenvalue weighted by Gasteiger charge is -2.39. The molecule has 0 aliphatic carbocycles. The fourth-order valence-corrected chi connectivity index (χ4v) is 2.90. The van der Waals surface area contributed by atoms with Crippen molar-refractivity contribution >= 4 is 17.6 Å². The third-order valence-electron chi connectivity index (χ3n) is 3.79. The van der Waals surface area contributed by atoms with Crippen molar-refractivity contribution in [2.75, 3.05) is 11.4 Å². The second kappa shape index (κ2) is 5.99. The van der Waals surface area contributed by atoms with Crippen LogP contribution in [0, 0.1) is 0 Å². The van der Waals surface area contributed by atoms with E-state index in [1.807, 2.05) is 56.9 Å². The van der Waals surface area contributed by atoms with Crippen LogP contribution in [0.3, 0.4) is 0 Å². The molecule has 22 heavy (non-hydrogen) atoms. The van der Waals surface area contributed by atoms with E-state index in [0.29, 0.717) is 6.42 Å². The van der Waals surface area contributed by atoms with Gasteiger partial charge in [0.15, 0.2) is 0 Å². The van der Waals surface area contributed by atoms with Gasteiger partial charge in [0, 0.05) is 11.7 Å². The molecule has 0 spiro atoms. The summed E-state index contributed by atoms with van der Waals surface area (Å²) < 4.78 is 5.41. The molecule has 2 N–H and O–H groups in total. The van der Waals surface area contributed by atoms with Crippen molar-refractivity contribution in [2.45, 2.75) is 51.7 Å². The molecule has 2 rings (SSSR count). The van der Waals surface area contributed by atoms with E-state index in [1.54, 1.807) is 0 Å². The second-order valence-electron chi connectivity index (χ2n) is 6.81. The van der Waals surface area contributed by atoms with Crippen LogP contribution >= 0.6 is 0 Å². The largest absolute Gasteiger partial charge is 0.459 e. The summed E-state index contributed by atoms with van der Waals surface area (Å²) in [4.78, 5) is 25.8. The molecule has 1 aliphatic rings. The Bertz CT molecular complexity index is 578. The zero-order valence-corrected chi connectivity index (χ0v) is 13.6. The van der Waals surface area contributed by atoms with Crippen molar-refractivity contribution in [1.82, 2.24) is 0 Å². The van der Waals surface area contributed by atoms with Crippen LogP contribution < -0.4 is 10.6 Å². The van der Waals surface area contributed by atoms with Crippen LogP contribution in [0.15, 0.2) is 24.3 Å². The predicted octanol–water partition coefficient (Wildman–Crippen LogP) is 2.20. The van der Waals surface area contributed by atoms with Gasteiger partial charge in [0.2, 0.25) is 5.91 Å². The number of benzene rings is 1. The van der Waals surface area contributed by atoms with Gasteiger partial charge in [-0.1, -0.05) is 18.2 Å². The van der Waals surface area contributed by atoms with Gasteiger partial charge >= 0.3 is 5.97 Å². The van der Waals surface area contributed by atoms with E-state index in [1.165, 1.54) is 0 Å². The number of hydrogen-bond donors (Lipinski definition) is 1. The van der Waals surface area contributed by atoms with Crippen LogP contribution in [0.1, 0.15) is 45.6 Å². The number of ether oxygens (including phenoxy) is 1. The van der Waals surface area contributed by atoms with Crippen molar-refractivity contribution < 1.29 is 14.3 Å². The van der Waals surface area contributed by atoms with Gasteiger partial charge in [-0.2, -0.15) is 0 Å². The molecule has 5 heteroatoms. The van der Waals surface area contributed by atoms with Gasteiger partial charge < -0.3 is 15.4 Å². The summed E-state index contributed by atoms with van der Waals surface area (Å²) in [6.45, 7) is 7.71. The minimum absolute atomic E-state index is 0.0416. The highest BCUT2D eigenvalue weighted by Gasteiger charge is 2.34. The SMILES string of the molecule is C[C@H]1C[C@H](C(N)=O)c2ccccc2N1CC(=O)OC(C)(C)C. The van der Waals surface area contributed by atoms with E-state index < -0.39 is 5.60 Å². The number of primary amides is 1. The number of rotatable bonds is 3. The van der Waals surface area contributed by atoms with Crippen LogP contribution in [0.4, 0.5) is 5.69 Å². The molecule has 0 fully saturated rings. The molecule has 1 aromatic rings. The van der Waals surface area contributed by atoms with Crippen LogP contribution in [0.5, 0.6) is 0 Å². The number of anilines is 1. The van der Waals surface area contributed by atoms with Crippen molar-refractivity contribution in [1.29, 1.82) is 0 Å². The van der Waals surface area contributed by atoms with Crippen LogP contribution in [0.2, 0.25) is 0 Å². The number of esters is 1. The Morgan fingerprint density at radius 3 is 2.55 bits per heavy atom. The maximum atomic E-state index is 12.1. The summed E-state index contributed by atoms with van der Waals surface area (Å²) in [6.07, 6.45) is 0.606. The topological polar surface area (TPSA) is 72.6 Å². The summed E-state index contributed by atoms with van der Waals surface area (Å²) in [7, 11) is 0. The molecule has 1 aromatic carbocycles. The zero-order chi connectivity index (χ0) is 16.5. The molecule has 2 atom stereocenters. The summed E-state index contributed by atoms with van der Waals surface area (Å²) >= 11 is 0. The summed E-state index contributed by atoms with van der Waals surface area (Å²) in [5, 5.41) is 0. The first-order valence-electron chi connectivity index (χ1n) is 7.56. The Morgan fingerprint density at radius 2 is 1.95 bits per heavy atom. The Kier molecular flexibility index (Phi) is 4.44.